The number of rotatable bonds is 9. The van der Waals surface area contributed by atoms with Crippen LogP contribution in [0.15, 0.2) is 18.2 Å². The standard InChI is InChI=1S/C18H26ClNO/c1-2-3-4-5-6-7-8-9-10-15-16-13-14(19)11-12-17(16)20-18(15)21/h11-13,15H,2-10H2,1H3,(H,20,21). The molecule has 1 amide bonds. The van der Waals surface area contributed by atoms with Gasteiger partial charge in [-0.15, -0.1) is 0 Å². The SMILES string of the molecule is CCCCCCCCCCC1C(=O)Nc2ccc(Cl)cc21. The maximum absolute atomic E-state index is 12.0. The number of anilines is 1. The van der Waals surface area contributed by atoms with Gasteiger partial charge in [0.2, 0.25) is 5.91 Å². The van der Waals surface area contributed by atoms with Gasteiger partial charge in [-0.2, -0.15) is 0 Å². The molecule has 2 rings (SSSR count). The summed E-state index contributed by atoms with van der Waals surface area (Å²) < 4.78 is 0. The number of carbonyl (C=O) groups is 1. The Balaban J connectivity index is 1.70. The van der Waals surface area contributed by atoms with Crippen LogP contribution in [0.3, 0.4) is 0 Å². The highest BCUT2D eigenvalue weighted by Crippen LogP contribution is 2.37. The molecule has 0 saturated heterocycles. The molecular weight excluding hydrogens is 282 g/mol. The molecule has 21 heavy (non-hydrogen) atoms. The van der Waals surface area contributed by atoms with E-state index in [1.54, 1.807) is 0 Å². The fraction of sp³-hybridized carbons (Fsp3) is 0.611. The number of halogens is 1. The van der Waals surface area contributed by atoms with E-state index < -0.39 is 0 Å². The van der Waals surface area contributed by atoms with Crippen LogP contribution in [0, 0.1) is 0 Å². The highest BCUT2D eigenvalue weighted by atomic mass is 35.5. The zero-order chi connectivity index (χ0) is 15.1. The van der Waals surface area contributed by atoms with Gasteiger partial charge in [-0.1, -0.05) is 69.9 Å². The van der Waals surface area contributed by atoms with Gasteiger partial charge in [0.05, 0.1) is 5.92 Å². The van der Waals surface area contributed by atoms with Crippen molar-refractivity contribution in [2.75, 3.05) is 5.32 Å². The molecule has 1 unspecified atom stereocenters. The molecular formula is C18H26ClNO. The van der Waals surface area contributed by atoms with Crippen LogP contribution in [0.5, 0.6) is 0 Å². The highest BCUT2D eigenvalue weighted by molar-refractivity contribution is 6.31. The number of unbranched alkanes of at least 4 members (excludes halogenated alkanes) is 7. The summed E-state index contributed by atoms with van der Waals surface area (Å²) in [6, 6.07) is 5.67. The lowest BCUT2D eigenvalue weighted by Gasteiger charge is -2.09. The third-order valence-corrected chi connectivity index (χ3v) is 4.54. The van der Waals surface area contributed by atoms with Crippen LogP contribution in [0.4, 0.5) is 5.69 Å². The second-order valence-corrected chi connectivity index (χ2v) is 6.47. The van der Waals surface area contributed by atoms with Crippen molar-refractivity contribution in [3.8, 4) is 0 Å². The predicted molar refractivity (Wildman–Crippen MR) is 90.0 cm³/mol. The summed E-state index contributed by atoms with van der Waals surface area (Å²) in [5.41, 5.74) is 2.02. The molecule has 0 radical (unpaired) electrons. The average molecular weight is 308 g/mol. The maximum Gasteiger partial charge on any atom is 0.232 e. The Bertz CT molecular complexity index is 472. The van der Waals surface area contributed by atoms with Crippen LogP contribution in [-0.2, 0) is 4.79 Å². The van der Waals surface area contributed by atoms with Gasteiger partial charge in [-0.25, -0.2) is 0 Å². The molecule has 1 heterocycles. The van der Waals surface area contributed by atoms with Gasteiger partial charge in [0, 0.05) is 10.7 Å². The van der Waals surface area contributed by atoms with E-state index >= 15 is 0 Å². The minimum Gasteiger partial charge on any atom is -0.325 e. The molecule has 1 aliphatic rings. The van der Waals surface area contributed by atoms with Gasteiger partial charge < -0.3 is 5.32 Å². The number of fused-ring (bicyclic) bond motifs is 1. The number of amides is 1. The largest absolute Gasteiger partial charge is 0.325 e. The summed E-state index contributed by atoms with van der Waals surface area (Å²) >= 11 is 6.04. The zero-order valence-corrected chi connectivity index (χ0v) is 13.7. The summed E-state index contributed by atoms with van der Waals surface area (Å²) in [6.07, 6.45) is 11.3. The molecule has 2 nitrogen and oxygen atoms in total. The first-order valence-electron chi connectivity index (χ1n) is 8.32. The zero-order valence-electron chi connectivity index (χ0n) is 13.0. The smallest absolute Gasteiger partial charge is 0.232 e. The number of benzene rings is 1. The number of hydrogen-bond acceptors (Lipinski definition) is 1. The highest BCUT2D eigenvalue weighted by Gasteiger charge is 2.29. The van der Waals surface area contributed by atoms with Crippen molar-refractivity contribution in [3.05, 3.63) is 28.8 Å². The van der Waals surface area contributed by atoms with Crippen molar-refractivity contribution in [2.24, 2.45) is 0 Å². The quantitative estimate of drug-likeness (QED) is 0.565. The third kappa shape index (κ3) is 4.74. The lowest BCUT2D eigenvalue weighted by molar-refractivity contribution is -0.117. The lowest BCUT2D eigenvalue weighted by atomic mass is 9.94. The topological polar surface area (TPSA) is 29.1 Å². The molecule has 0 aliphatic carbocycles. The molecule has 116 valence electrons. The average Bonchev–Trinajstić information content (AvgIpc) is 2.77. The summed E-state index contributed by atoms with van der Waals surface area (Å²) in [7, 11) is 0. The van der Waals surface area contributed by atoms with Crippen molar-refractivity contribution in [3.63, 3.8) is 0 Å². The van der Waals surface area contributed by atoms with Crippen molar-refractivity contribution < 1.29 is 4.79 Å². The Morgan fingerprint density at radius 3 is 2.43 bits per heavy atom. The van der Waals surface area contributed by atoms with Crippen molar-refractivity contribution >= 4 is 23.2 Å². The molecule has 3 heteroatoms. The van der Waals surface area contributed by atoms with E-state index in [1.807, 2.05) is 18.2 Å². The summed E-state index contributed by atoms with van der Waals surface area (Å²) in [5, 5.41) is 3.67. The maximum atomic E-state index is 12.0. The Hall–Kier alpha value is -1.02. The second kappa shape index (κ2) is 8.43. The molecule has 1 N–H and O–H groups in total. The van der Waals surface area contributed by atoms with Crippen molar-refractivity contribution in [2.45, 2.75) is 70.6 Å². The fourth-order valence-corrected chi connectivity index (χ4v) is 3.25. The summed E-state index contributed by atoms with van der Waals surface area (Å²) in [6.45, 7) is 2.25. The molecule has 0 fully saturated rings. The molecule has 1 aromatic carbocycles. The van der Waals surface area contributed by atoms with E-state index in [9.17, 15) is 4.79 Å². The molecule has 1 atom stereocenters. The molecule has 0 spiro atoms. The van der Waals surface area contributed by atoms with Gasteiger partial charge in [0.15, 0.2) is 0 Å². The number of nitrogens with one attached hydrogen (secondary N) is 1. The normalized spacial score (nSPS) is 16.9. The fourth-order valence-electron chi connectivity index (χ4n) is 3.07. The molecule has 1 aromatic rings. The van der Waals surface area contributed by atoms with Crippen LogP contribution in [0.25, 0.3) is 0 Å². The van der Waals surface area contributed by atoms with Gasteiger partial charge in [-0.3, -0.25) is 4.79 Å². The first-order chi connectivity index (χ1) is 10.2. The Labute approximate surface area is 133 Å². The van der Waals surface area contributed by atoms with Gasteiger partial charge >= 0.3 is 0 Å². The predicted octanol–water partition coefficient (Wildman–Crippen LogP) is 5.91. The van der Waals surface area contributed by atoms with Crippen molar-refractivity contribution in [1.82, 2.24) is 0 Å². The second-order valence-electron chi connectivity index (χ2n) is 6.04. The van der Waals surface area contributed by atoms with Crippen molar-refractivity contribution in [1.29, 1.82) is 0 Å². The van der Waals surface area contributed by atoms with E-state index in [-0.39, 0.29) is 11.8 Å². The van der Waals surface area contributed by atoms with Crippen LogP contribution in [0.1, 0.15) is 76.2 Å². The molecule has 0 aromatic heterocycles. The lowest BCUT2D eigenvalue weighted by Crippen LogP contribution is -2.11. The minimum atomic E-state index is -0.00112. The molecule has 0 saturated carbocycles. The van der Waals surface area contributed by atoms with Gasteiger partial charge in [0.25, 0.3) is 0 Å². The minimum absolute atomic E-state index is 0.00112. The third-order valence-electron chi connectivity index (χ3n) is 4.31. The van der Waals surface area contributed by atoms with E-state index in [0.29, 0.717) is 5.02 Å². The summed E-state index contributed by atoms with van der Waals surface area (Å²) in [5.74, 6) is 0.133. The van der Waals surface area contributed by atoms with Gasteiger partial charge in [0.1, 0.15) is 0 Å². The Morgan fingerprint density at radius 2 is 1.71 bits per heavy atom. The Morgan fingerprint density at radius 1 is 1.05 bits per heavy atom. The first-order valence-corrected chi connectivity index (χ1v) is 8.70. The first kappa shape index (κ1) is 16.4. The monoisotopic (exact) mass is 307 g/mol. The van der Waals surface area contributed by atoms with E-state index in [1.165, 1.54) is 44.9 Å². The van der Waals surface area contributed by atoms with Crippen LogP contribution < -0.4 is 5.32 Å². The van der Waals surface area contributed by atoms with E-state index in [4.69, 9.17) is 11.6 Å². The van der Waals surface area contributed by atoms with Crippen LogP contribution in [-0.4, -0.2) is 5.91 Å². The van der Waals surface area contributed by atoms with E-state index in [2.05, 4.69) is 12.2 Å². The summed E-state index contributed by atoms with van der Waals surface area (Å²) in [4.78, 5) is 12.0. The molecule has 1 aliphatic heterocycles. The number of carbonyl (C=O) groups excluding carboxylic acids is 1. The van der Waals surface area contributed by atoms with Crippen LogP contribution >= 0.6 is 11.6 Å². The van der Waals surface area contributed by atoms with Gasteiger partial charge in [-0.05, 0) is 30.2 Å². The Kier molecular flexibility index (Phi) is 6.56. The molecule has 0 bridgehead atoms. The van der Waals surface area contributed by atoms with E-state index in [0.717, 1.165) is 24.1 Å². The van der Waals surface area contributed by atoms with Crippen LogP contribution in [0.2, 0.25) is 5.02 Å². The number of hydrogen-bond donors (Lipinski definition) is 1.